The number of carbonyl (C=O) groups excluding carboxylic acids is 1. The zero-order chi connectivity index (χ0) is 10.7. The van der Waals surface area contributed by atoms with E-state index in [0.717, 1.165) is 19.3 Å². The van der Waals surface area contributed by atoms with Crippen molar-refractivity contribution in [1.82, 2.24) is 10.3 Å². The van der Waals surface area contributed by atoms with Gasteiger partial charge in [0.2, 0.25) is 0 Å². The van der Waals surface area contributed by atoms with Gasteiger partial charge in [-0.15, -0.1) is 11.3 Å². The van der Waals surface area contributed by atoms with Crippen LogP contribution in [0.4, 0.5) is 0 Å². The minimum absolute atomic E-state index is 0.0680. The van der Waals surface area contributed by atoms with E-state index < -0.39 is 0 Å². The third-order valence-electron chi connectivity index (χ3n) is 2.94. The van der Waals surface area contributed by atoms with Crippen LogP contribution >= 0.6 is 11.3 Å². The summed E-state index contributed by atoms with van der Waals surface area (Å²) in [5.41, 5.74) is 7.84. The molecular formula is C10H15N3OS. The molecule has 1 fully saturated rings. The number of thiazole rings is 1. The monoisotopic (exact) mass is 225 g/mol. The van der Waals surface area contributed by atoms with Crippen LogP contribution in [0.1, 0.15) is 29.8 Å². The Labute approximate surface area is 92.9 Å². The molecule has 1 amide bonds. The van der Waals surface area contributed by atoms with Crippen molar-refractivity contribution < 1.29 is 4.79 Å². The van der Waals surface area contributed by atoms with Crippen LogP contribution in [0.5, 0.6) is 0 Å². The first kappa shape index (κ1) is 10.6. The van der Waals surface area contributed by atoms with Crippen molar-refractivity contribution in [3.05, 3.63) is 16.6 Å². The molecule has 82 valence electrons. The lowest BCUT2D eigenvalue weighted by atomic mass is 10.0. The number of hydrogen-bond acceptors (Lipinski definition) is 4. The second kappa shape index (κ2) is 4.72. The molecule has 0 aromatic carbocycles. The second-order valence-corrected chi connectivity index (χ2v) is 4.60. The Hall–Kier alpha value is -0.940. The fraction of sp³-hybridized carbons (Fsp3) is 0.600. The van der Waals surface area contributed by atoms with Crippen LogP contribution in [0.3, 0.4) is 0 Å². The van der Waals surface area contributed by atoms with E-state index >= 15 is 0 Å². The van der Waals surface area contributed by atoms with Gasteiger partial charge in [0.15, 0.2) is 0 Å². The molecule has 4 nitrogen and oxygen atoms in total. The topological polar surface area (TPSA) is 68.0 Å². The van der Waals surface area contributed by atoms with Gasteiger partial charge in [0.05, 0.1) is 5.51 Å². The molecule has 2 rings (SSSR count). The molecule has 1 aliphatic rings. The van der Waals surface area contributed by atoms with Gasteiger partial charge in [-0.3, -0.25) is 4.79 Å². The zero-order valence-electron chi connectivity index (χ0n) is 8.48. The van der Waals surface area contributed by atoms with E-state index in [2.05, 4.69) is 10.3 Å². The van der Waals surface area contributed by atoms with E-state index in [1.165, 1.54) is 11.3 Å². The molecule has 3 N–H and O–H groups in total. The Kier molecular flexibility index (Phi) is 3.33. The molecule has 0 bridgehead atoms. The minimum atomic E-state index is -0.0680. The Morgan fingerprint density at radius 3 is 3.20 bits per heavy atom. The highest BCUT2D eigenvalue weighted by Gasteiger charge is 2.27. The molecule has 15 heavy (non-hydrogen) atoms. The van der Waals surface area contributed by atoms with Gasteiger partial charge in [0.1, 0.15) is 5.69 Å². The summed E-state index contributed by atoms with van der Waals surface area (Å²) in [5, 5.41) is 4.77. The number of aromatic nitrogens is 1. The van der Waals surface area contributed by atoms with E-state index in [1.807, 2.05) is 0 Å². The van der Waals surface area contributed by atoms with Crippen molar-refractivity contribution in [2.45, 2.75) is 25.3 Å². The fourth-order valence-corrected chi connectivity index (χ4v) is 2.61. The number of nitrogens with zero attached hydrogens (tertiary/aromatic N) is 1. The van der Waals surface area contributed by atoms with E-state index in [-0.39, 0.29) is 11.9 Å². The van der Waals surface area contributed by atoms with Crippen molar-refractivity contribution >= 4 is 17.2 Å². The zero-order valence-corrected chi connectivity index (χ0v) is 9.30. The molecule has 1 aromatic heterocycles. The van der Waals surface area contributed by atoms with Crippen molar-refractivity contribution in [1.29, 1.82) is 0 Å². The highest BCUT2D eigenvalue weighted by atomic mass is 32.1. The summed E-state index contributed by atoms with van der Waals surface area (Å²) in [6, 6.07) is 0.240. The van der Waals surface area contributed by atoms with E-state index in [1.54, 1.807) is 10.9 Å². The summed E-state index contributed by atoms with van der Waals surface area (Å²) in [6.07, 6.45) is 3.32. The molecule has 1 aromatic rings. The Bertz CT molecular complexity index is 325. The summed E-state index contributed by atoms with van der Waals surface area (Å²) < 4.78 is 0. The fourth-order valence-electron chi connectivity index (χ4n) is 2.08. The van der Waals surface area contributed by atoms with Gasteiger partial charge in [-0.2, -0.15) is 0 Å². The number of carbonyl (C=O) groups is 1. The SMILES string of the molecule is NCC1CCCC1NC(=O)c1cscn1. The molecule has 2 unspecified atom stereocenters. The van der Waals surface area contributed by atoms with Crippen LogP contribution in [0, 0.1) is 5.92 Å². The summed E-state index contributed by atoms with van der Waals surface area (Å²) in [6.45, 7) is 0.655. The van der Waals surface area contributed by atoms with E-state index in [4.69, 9.17) is 5.73 Å². The predicted molar refractivity (Wildman–Crippen MR) is 59.8 cm³/mol. The van der Waals surface area contributed by atoms with Gasteiger partial charge in [-0.1, -0.05) is 6.42 Å². The van der Waals surface area contributed by atoms with E-state index in [0.29, 0.717) is 18.2 Å². The molecule has 2 atom stereocenters. The summed E-state index contributed by atoms with van der Waals surface area (Å²) in [5.74, 6) is 0.370. The first-order chi connectivity index (χ1) is 7.31. The van der Waals surface area contributed by atoms with Crippen molar-refractivity contribution in [3.8, 4) is 0 Å². The highest BCUT2D eigenvalue weighted by Crippen LogP contribution is 2.24. The molecule has 0 saturated heterocycles. The lowest BCUT2D eigenvalue weighted by Gasteiger charge is -2.18. The third kappa shape index (κ3) is 2.35. The Balaban J connectivity index is 1.94. The number of rotatable bonds is 3. The maximum absolute atomic E-state index is 11.7. The maximum atomic E-state index is 11.7. The molecule has 0 aliphatic heterocycles. The standard InChI is InChI=1S/C10H15N3OS/c11-4-7-2-1-3-8(7)13-10(14)9-5-15-6-12-9/h5-8H,1-4,11H2,(H,13,14). The van der Waals surface area contributed by atoms with Crippen LogP contribution in [0.2, 0.25) is 0 Å². The molecule has 1 aliphatic carbocycles. The largest absolute Gasteiger partial charge is 0.348 e. The first-order valence-electron chi connectivity index (χ1n) is 5.20. The molecular weight excluding hydrogens is 210 g/mol. The number of nitrogens with two attached hydrogens (primary N) is 1. The quantitative estimate of drug-likeness (QED) is 0.806. The lowest BCUT2D eigenvalue weighted by Crippen LogP contribution is -2.39. The molecule has 1 heterocycles. The number of hydrogen-bond donors (Lipinski definition) is 2. The average molecular weight is 225 g/mol. The van der Waals surface area contributed by atoms with Crippen LogP contribution in [0.25, 0.3) is 0 Å². The number of amides is 1. The van der Waals surface area contributed by atoms with Gasteiger partial charge < -0.3 is 11.1 Å². The summed E-state index contributed by atoms with van der Waals surface area (Å²) >= 11 is 1.44. The second-order valence-electron chi connectivity index (χ2n) is 3.88. The van der Waals surface area contributed by atoms with Gasteiger partial charge in [-0.25, -0.2) is 4.98 Å². The summed E-state index contributed by atoms with van der Waals surface area (Å²) in [4.78, 5) is 15.7. The number of nitrogens with one attached hydrogen (secondary N) is 1. The normalized spacial score (nSPS) is 25.4. The van der Waals surface area contributed by atoms with Crippen molar-refractivity contribution in [2.75, 3.05) is 6.54 Å². The average Bonchev–Trinajstić information content (AvgIpc) is 2.87. The van der Waals surface area contributed by atoms with Crippen LogP contribution < -0.4 is 11.1 Å². The first-order valence-corrected chi connectivity index (χ1v) is 6.14. The highest BCUT2D eigenvalue weighted by molar-refractivity contribution is 7.07. The van der Waals surface area contributed by atoms with Gasteiger partial charge in [-0.05, 0) is 25.3 Å². The van der Waals surface area contributed by atoms with Crippen molar-refractivity contribution in [2.24, 2.45) is 11.7 Å². The van der Waals surface area contributed by atoms with Gasteiger partial charge in [0, 0.05) is 11.4 Å². The molecule has 0 radical (unpaired) electrons. The van der Waals surface area contributed by atoms with Crippen LogP contribution in [-0.2, 0) is 0 Å². The van der Waals surface area contributed by atoms with Crippen LogP contribution in [0.15, 0.2) is 10.9 Å². The minimum Gasteiger partial charge on any atom is -0.348 e. The smallest absolute Gasteiger partial charge is 0.270 e. The lowest BCUT2D eigenvalue weighted by molar-refractivity contribution is 0.0924. The van der Waals surface area contributed by atoms with Crippen LogP contribution in [-0.4, -0.2) is 23.5 Å². The van der Waals surface area contributed by atoms with Gasteiger partial charge in [0.25, 0.3) is 5.91 Å². The maximum Gasteiger partial charge on any atom is 0.270 e. The third-order valence-corrected chi connectivity index (χ3v) is 3.53. The molecule has 0 spiro atoms. The summed E-state index contributed by atoms with van der Waals surface area (Å²) in [7, 11) is 0. The Morgan fingerprint density at radius 2 is 2.53 bits per heavy atom. The van der Waals surface area contributed by atoms with Crippen molar-refractivity contribution in [3.63, 3.8) is 0 Å². The molecule has 5 heteroatoms. The molecule has 1 saturated carbocycles. The Morgan fingerprint density at radius 1 is 1.67 bits per heavy atom. The van der Waals surface area contributed by atoms with Gasteiger partial charge >= 0.3 is 0 Å². The predicted octanol–water partition coefficient (Wildman–Crippen LogP) is 1.00. The van der Waals surface area contributed by atoms with E-state index in [9.17, 15) is 4.79 Å².